The number of nitrogens with zero attached hydrogens (tertiary/aromatic N) is 1. The topological polar surface area (TPSA) is 113 Å². The monoisotopic (exact) mass is 508 g/mol. The van der Waals surface area contributed by atoms with Gasteiger partial charge < -0.3 is 9.55 Å². The van der Waals surface area contributed by atoms with Crippen molar-refractivity contribution in [1.29, 1.82) is 0 Å². The summed E-state index contributed by atoms with van der Waals surface area (Å²) in [6.07, 6.45) is 3.62. The summed E-state index contributed by atoms with van der Waals surface area (Å²) in [4.78, 5) is 55.1. The van der Waals surface area contributed by atoms with E-state index in [2.05, 4.69) is 40.1 Å². The molecule has 8 heteroatoms. The Bertz CT molecular complexity index is 1610. The maximum absolute atomic E-state index is 13.7. The van der Waals surface area contributed by atoms with Crippen LogP contribution in [0.3, 0.4) is 0 Å². The van der Waals surface area contributed by atoms with Gasteiger partial charge in [0.2, 0.25) is 11.8 Å². The van der Waals surface area contributed by atoms with Crippen molar-refractivity contribution in [3.63, 3.8) is 0 Å². The van der Waals surface area contributed by atoms with Gasteiger partial charge in [0, 0.05) is 46.9 Å². The number of aromatic nitrogens is 2. The van der Waals surface area contributed by atoms with E-state index in [0.29, 0.717) is 42.6 Å². The van der Waals surface area contributed by atoms with E-state index in [1.807, 2.05) is 54.7 Å². The zero-order chi connectivity index (χ0) is 26.6. The first-order valence-electron chi connectivity index (χ1n) is 12.8. The number of hydrogen-bond donors (Lipinski definition) is 3. The van der Waals surface area contributed by atoms with E-state index < -0.39 is 23.8 Å². The van der Waals surface area contributed by atoms with Crippen LogP contribution in [-0.4, -0.2) is 33.2 Å². The number of rotatable bonds is 5. The Labute approximate surface area is 219 Å². The molecule has 4 aromatic rings. The van der Waals surface area contributed by atoms with Crippen molar-refractivity contribution in [3.8, 4) is 11.3 Å². The number of carbonyl (C=O) groups is 4. The number of imide groups is 2. The molecule has 2 aliphatic rings. The molecule has 1 aliphatic heterocycles. The third-order valence-electron chi connectivity index (χ3n) is 7.59. The van der Waals surface area contributed by atoms with E-state index in [0.717, 1.165) is 27.7 Å². The first-order valence-corrected chi connectivity index (χ1v) is 12.8. The zero-order valence-electron chi connectivity index (χ0n) is 21.3. The minimum atomic E-state index is -1.31. The summed E-state index contributed by atoms with van der Waals surface area (Å²) in [6, 6.07) is 16.8. The molecule has 2 aromatic heterocycles. The second-order valence-corrected chi connectivity index (χ2v) is 10.9. The average Bonchev–Trinajstić information content (AvgIpc) is 3.41. The molecule has 3 N–H and O–H groups in total. The van der Waals surface area contributed by atoms with Gasteiger partial charge in [-0.05, 0) is 35.4 Å². The van der Waals surface area contributed by atoms with Crippen LogP contribution in [0, 0.1) is 5.41 Å². The molecule has 0 radical (unpaired) electrons. The Kier molecular flexibility index (Phi) is 5.56. The number of ketones is 1. The van der Waals surface area contributed by atoms with Crippen LogP contribution >= 0.6 is 0 Å². The largest absolute Gasteiger partial charge is 0.361 e. The van der Waals surface area contributed by atoms with Gasteiger partial charge in [-0.1, -0.05) is 62.4 Å². The fourth-order valence-corrected chi connectivity index (χ4v) is 6.01. The van der Waals surface area contributed by atoms with Crippen molar-refractivity contribution >= 4 is 34.5 Å². The second-order valence-electron chi connectivity index (χ2n) is 10.9. The normalized spacial score (nSPS) is 17.4. The third-order valence-corrected chi connectivity index (χ3v) is 7.59. The minimum Gasteiger partial charge on any atom is -0.361 e. The molecule has 6 rings (SSSR count). The molecule has 0 spiro atoms. The minimum absolute atomic E-state index is 0.0909. The molecule has 0 atom stereocenters. The fraction of sp³-hybridized carbons (Fsp3) is 0.267. The lowest BCUT2D eigenvalue weighted by atomic mass is 9.74. The lowest BCUT2D eigenvalue weighted by Crippen LogP contribution is -2.54. The van der Waals surface area contributed by atoms with Crippen molar-refractivity contribution < 1.29 is 19.2 Å². The number of benzene rings is 2. The number of para-hydroxylation sites is 1. The maximum Gasteiger partial charge on any atom is 0.328 e. The lowest BCUT2D eigenvalue weighted by molar-refractivity contribution is -0.132. The Morgan fingerprint density at radius 3 is 2.32 bits per heavy atom. The molecule has 1 aliphatic carbocycles. The van der Waals surface area contributed by atoms with Crippen molar-refractivity contribution in [2.75, 3.05) is 0 Å². The van der Waals surface area contributed by atoms with Gasteiger partial charge in [0.05, 0.1) is 5.69 Å². The number of carbonyl (C=O) groups excluding carboxylic acids is 4. The van der Waals surface area contributed by atoms with Gasteiger partial charge in [-0.15, -0.1) is 0 Å². The predicted octanol–water partition coefficient (Wildman–Crippen LogP) is 4.48. The SMILES string of the molecule is CC1(C)CC(=O)c2c(C3C(=O)NC(=O)NC3=O)c(-c3ccccc3)n(CCc3c[nH]c4ccccc34)c2C1. The van der Waals surface area contributed by atoms with Crippen LogP contribution in [0.4, 0.5) is 4.79 Å². The smallest absolute Gasteiger partial charge is 0.328 e. The molecule has 192 valence electrons. The predicted molar refractivity (Wildman–Crippen MR) is 143 cm³/mol. The Morgan fingerprint density at radius 1 is 0.895 bits per heavy atom. The quantitative estimate of drug-likeness (QED) is 0.345. The lowest BCUT2D eigenvalue weighted by Gasteiger charge is -2.30. The Balaban J connectivity index is 1.57. The number of fused-ring (bicyclic) bond motifs is 2. The second kappa shape index (κ2) is 8.83. The van der Waals surface area contributed by atoms with Gasteiger partial charge in [0.25, 0.3) is 0 Å². The molecular formula is C30H28N4O4. The number of amides is 4. The van der Waals surface area contributed by atoms with Gasteiger partial charge in [0.1, 0.15) is 5.92 Å². The summed E-state index contributed by atoms with van der Waals surface area (Å²) in [5.74, 6) is -2.83. The number of aryl methyl sites for hydroxylation is 1. The number of aromatic amines is 1. The number of barbiturate groups is 1. The number of H-pyrrole nitrogens is 1. The molecule has 1 fully saturated rings. The molecule has 4 amide bonds. The van der Waals surface area contributed by atoms with Gasteiger partial charge >= 0.3 is 6.03 Å². The van der Waals surface area contributed by atoms with Crippen LogP contribution in [0.1, 0.15) is 53.4 Å². The molecule has 2 aromatic carbocycles. The zero-order valence-corrected chi connectivity index (χ0v) is 21.3. The van der Waals surface area contributed by atoms with Crippen LogP contribution < -0.4 is 10.6 Å². The van der Waals surface area contributed by atoms with E-state index in [-0.39, 0.29) is 11.2 Å². The van der Waals surface area contributed by atoms with Crippen LogP contribution in [0.2, 0.25) is 0 Å². The molecule has 38 heavy (non-hydrogen) atoms. The fourth-order valence-electron chi connectivity index (χ4n) is 6.01. The standard InChI is InChI=1S/C30H28N4O4/c1-30(2)14-21-23(22(35)15-30)24(25-27(36)32-29(38)33-28(25)37)26(17-8-4-3-5-9-17)34(21)13-12-18-16-31-20-11-7-6-10-19(18)20/h3-11,16,25,31H,12-15H2,1-2H3,(H2,32,33,36,37,38). The summed E-state index contributed by atoms with van der Waals surface area (Å²) in [7, 11) is 0. The van der Waals surface area contributed by atoms with Crippen molar-refractivity contribution in [1.82, 2.24) is 20.2 Å². The van der Waals surface area contributed by atoms with Crippen LogP contribution in [0.5, 0.6) is 0 Å². The van der Waals surface area contributed by atoms with Crippen molar-refractivity contribution in [2.24, 2.45) is 5.41 Å². The highest BCUT2D eigenvalue weighted by molar-refractivity contribution is 6.21. The molecule has 1 saturated heterocycles. The summed E-state index contributed by atoms with van der Waals surface area (Å²) < 4.78 is 2.12. The van der Waals surface area contributed by atoms with E-state index >= 15 is 0 Å². The summed E-state index contributed by atoms with van der Waals surface area (Å²) >= 11 is 0. The van der Waals surface area contributed by atoms with E-state index in [4.69, 9.17) is 0 Å². The van der Waals surface area contributed by atoms with E-state index in [1.165, 1.54) is 0 Å². The molecule has 8 nitrogen and oxygen atoms in total. The van der Waals surface area contributed by atoms with E-state index in [1.54, 1.807) is 0 Å². The van der Waals surface area contributed by atoms with Crippen LogP contribution in [0.25, 0.3) is 22.2 Å². The Hall–Kier alpha value is -4.46. The molecule has 3 heterocycles. The molecule has 0 saturated carbocycles. The average molecular weight is 509 g/mol. The number of Topliss-reactive ketones (excluding diaryl/α,β-unsaturated/α-hetero) is 1. The van der Waals surface area contributed by atoms with Crippen LogP contribution in [-0.2, 0) is 29.0 Å². The van der Waals surface area contributed by atoms with Gasteiger partial charge in [-0.2, -0.15) is 0 Å². The van der Waals surface area contributed by atoms with Crippen LogP contribution in [0.15, 0.2) is 60.8 Å². The first-order chi connectivity index (χ1) is 18.2. The number of hydrogen-bond acceptors (Lipinski definition) is 4. The Morgan fingerprint density at radius 2 is 1.58 bits per heavy atom. The highest BCUT2D eigenvalue weighted by Crippen LogP contribution is 2.45. The van der Waals surface area contributed by atoms with Gasteiger partial charge in [0.15, 0.2) is 5.78 Å². The first kappa shape index (κ1) is 23.9. The van der Waals surface area contributed by atoms with Crippen molar-refractivity contribution in [3.05, 3.63) is 83.2 Å². The summed E-state index contributed by atoms with van der Waals surface area (Å²) in [5.41, 5.74) is 5.04. The number of urea groups is 1. The summed E-state index contributed by atoms with van der Waals surface area (Å²) in [5, 5.41) is 5.58. The highest BCUT2D eigenvalue weighted by Gasteiger charge is 2.45. The molecule has 0 unspecified atom stereocenters. The van der Waals surface area contributed by atoms with Gasteiger partial charge in [-0.25, -0.2) is 4.79 Å². The third kappa shape index (κ3) is 3.93. The van der Waals surface area contributed by atoms with E-state index in [9.17, 15) is 19.2 Å². The molecule has 0 bridgehead atoms. The maximum atomic E-state index is 13.7. The summed E-state index contributed by atoms with van der Waals surface area (Å²) in [6.45, 7) is 4.67. The number of nitrogens with one attached hydrogen (secondary N) is 3. The highest BCUT2D eigenvalue weighted by atomic mass is 16.2. The van der Waals surface area contributed by atoms with Crippen molar-refractivity contribution in [2.45, 2.75) is 45.6 Å². The molecular weight excluding hydrogens is 480 g/mol. The van der Waals surface area contributed by atoms with Gasteiger partial charge in [-0.3, -0.25) is 25.0 Å².